The average molecular weight is 225 g/mol. The summed E-state index contributed by atoms with van der Waals surface area (Å²) < 4.78 is 0. The van der Waals surface area contributed by atoms with E-state index in [1.54, 1.807) is 0 Å². The van der Waals surface area contributed by atoms with Gasteiger partial charge in [-0.05, 0) is 12.0 Å². The van der Waals surface area contributed by atoms with E-state index in [9.17, 15) is 0 Å². The van der Waals surface area contributed by atoms with Crippen LogP contribution in [0.5, 0.6) is 0 Å². The summed E-state index contributed by atoms with van der Waals surface area (Å²) in [4.78, 5) is 0. The van der Waals surface area contributed by atoms with Crippen LogP contribution in [0.4, 0.5) is 0 Å². The Balaban J connectivity index is 2.73. The van der Waals surface area contributed by atoms with E-state index in [2.05, 4.69) is 46.8 Å². The van der Waals surface area contributed by atoms with Gasteiger partial charge in [0.1, 0.15) is 0 Å². The van der Waals surface area contributed by atoms with Gasteiger partial charge >= 0.3 is 0 Å². The highest BCUT2D eigenvalue weighted by Crippen LogP contribution is 2.20. The van der Waals surface area contributed by atoms with Crippen molar-refractivity contribution in [1.29, 1.82) is 0 Å². The highest BCUT2D eigenvalue weighted by Gasteiger charge is 2.04. The first-order valence-electron chi connectivity index (χ1n) is 4.12. The number of alkyl halides is 1. The Bertz CT molecular complexity index is 228. The van der Waals surface area contributed by atoms with Gasteiger partial charge in [0.05, 0.1) is 0 Å². The molecule has 12 heavy (non-hydrogen) atoms. The van der Waals surface area contributed by atoms with Gasteiger partial charge in [0.15, 0.2) is 0 Å². The van der Waals surface area contributed by atoms with E-state index in [1.807, 2.05) is 12.1 Å². The van der Waals surface area contributed by atoms with Gasteiger partial charge in [-0.3, -0.25) is 0 Å². The van der Waals surface area contributed by atoms with Gasteiger partial charge in [-0.25, -0.2) is 0 Å². The fourth-order valence-electron chi connectivity index (χ4n) is 1.24. The van der Waals surface area contributed by atoms with Crippen molar-refractivity contribution < 1.29 is 0 Å². The minimum atomic E-state index is 0.491. The third kappa shape index (κ3) is 2.49. The van der Waals surface area contributed by atoms with Gasteiger partial charge in [0, 0.05) is 11.2 Å². The second-order valence-corrected chi connectivity index (χ2v) is 3.52. The van der Waals surface area contributed by atoms with Gasteiger partial charge in [-0.15, -0.1) is 6.58 Å². The number of benzene rings is 1. The van der Waals surface area contributed by atoms with Crippen LogP contribution in [0.3, 0.4) is 0 Å². The highest BCUT2D eigenvalue weighted by molar-refractivity contribution is 9.09. The fraction of sp³-hybridized carbons (Fsp3) is 0.273. The molecule has 0 bridgehead atoms. The lowest BCUT2D eigenvalue weighted by molar-refractivity contribution is 0.820. The third-order valence-corrected chi connectivity index (χ3v) is 2.39. The lowest BCUT2D eigenvalue weighted by Gasteiger charge is -2.09. The maximum absolute atomic E-state index is 3.84. The molecule has 1 aromatic rings. The standard InChI is InChI=1S/C11H13Br/c1-2-10(8-9-12)11-6-4-3-5-7-11/h2-7,10H,1,8-9H2. The van der Waals surface area contributed by atoms with Crippen LogP contribution in [0.25, 0.3) is 0 Å². The molecule has 0 saturated carbocycles. The van der Waals surface area contributed by atoms with Crippen LogP contribution < -0.4 is 0 Å². The summed E-state index contributed by atoms with van der Waals surface area (Å²) in [7, 11) is 0. The molecule has 0 aromatic heterocycles. The molecule has 0 nitrogen and oxygen atoms in total. The van der Waals surface area contributed by atoms with Crippen molar-refractivity contribution in [2.75, 3.05) is 5.33 Å². The quantitative estimate of drug-likeness (QED) is 0.540. The van der Waals surface area contributed by atoms with E-state index in [1.165, 1.54) is 5.56 Å². The Morgan fingerprint density at radius 3 is 2.50 bits per heavy atom. The predicted octanol–water partition coefficient (Wildman–Crippen LogP) is 3.74. The molecule has 0 N–H and O–H groups in total. The molecule has 0 aliphatic carbocycles. The fourth-order valence-corrected chi connectivity index (χ4v) is 1.73. The molecule has 0 amide bonds. The van der Waals surface area contributed by atoms with Gasteiger partial charge in [-0.1, -0.05) is 52.3 Å². The maximum Gasteiger partial charge on any atom is 0.00401 e. The molecule has 1 atom stereocenters. The molecule has 1 unspecified atom stereocenters. The van der Waals surface area contributed by atoms with Crippen molar-refractivity contribution in [3.63, 3.8) is 0 Å². The number of hydrogen-bond donors (Lipinski definition) is 0. The zero-order valence-electron chi connectivity index (χ0n) is 7.04. The Morgan fingerprint density at radius 2 is 2.00 bits per heavy atom. The summed E-state index contributed by atoms with van der Waals surface area (Å²) in [6.07, 6.45) is 3.13. The second-order valence-electron chi connectivity index (χ2n) is 2.73. The molecule has 1 aromatic carbocycles. The maximum atomic E-state index is 3.84. The first-order valence-corrected chi connectivity index (χ1v) is 5.24. The largest absolute Gasteiger partial charge is 0.102 e. The zero-order chi connectivity index (χ0) is 8.81. The van der Waals surface area contributed by atoms with Crippen LogP contribution in [0.1, 0.15) is 17.9 Å². The Labute approximate surface area is 82.4 Å². The molecule has 1 rings (SSSR count). The molecule has 0 radical (unpaired) electrons. The molecule has 0 fully saturated rings. The summed E-state index contributed by atoms with van der Waals surface area (Å²) in [5.41, 5.74) is 1.35. The lowest BCUT2D eigenvalue weighted by atomic mass is 9.97. The Hall–Kier alpha value is -0.560. The third-order valence-electron chi connectivity index (χ3n) is 1.93. The smallest absolute Gasteiger partial charge is 0.00401 e. The van der Waals surface area contributed by atoms with Crippen molar-refractivity contribution in [3.8, 4) is 0 Å². The predicted molar refractivity (Wildman–Crippen MR) is 57.8 cm³/mol. The second kappa shape index (κ2) is 5.15. The normalized spacial score (nSPS) is 12.4. The SMILES string of the molecule is C=CC(CCBr)c1ccccc1. The lowest BCUT2D eigenvalue weighted by Crippen LogP contribution is -1.94. The minimum Gasteiger partial charge on any atom is -0.102 e. The van der Waals surface area contributed by atoms with Gasteiger partial charge < -0.3 is 0 Å². The van der Waals surface area contributed by atoms with Crippen LogP contribution in [-0.4, -0.2) is 5.33 Å². The molecule has 0 saturated heterocycles. The Morgan fingerprint density at radius 1 is 1.33 bits per heavy atom. The first kappa shape index (κ1) is 9.53. The van der Waals surface area contributed by atoms with Crippen molar-refractivity contribution in [1.82, 2.24) is 0 Å². The topological polar surface area (TPSA) is 0 Å². The molecule has 0 spiro atoms. The monoisotopic (exact) mass is 224 g/mol. The van der Waals surface area contributed by atoms with Crippen LogP contribution >= 0.6 is 15.9 Å². The van der Waals surface area contributed by atoms with Gasteiger partial charge in [0.2, 0.25) is 0 Å². The summed E-state index contributed by atoms with van der Waals surface area (Å²) in [6, 6.07) is 10.5. The highest BCUT2D eigenvalue weighted by atomic mass is 79.9. The van der Waals surface area contributed by atoms with E-state index in [0.717, 1.165) is 11.8 Å². The van der Waals surface area contributed by atoms with E-state index in [-0.39, 0.29) is 0 Å². The molecular weight excluding hydrogens is 212 g/mol. The Kier molecular flexibility index (Phi) is 4.09. The average Bonchev–Trinajstić information content (AvgIpc) is 2.15. The van der Waals surface area contributed by atoms with E-state index in [0.29, 0.717) is 5.92 Å². The van der Waals surface area contributed by atoms with E-state index >= 15 is 0 Å². The van der Waals surface area contributed by atoms with Crippen molar-refractivity contribution in [2.24, 2.45) is 0 Å². The van der Waals surface area contributed by atoms with Crippen molar-refractivity contribution >= 4 is 15.9 Å². The molecule has 0 aliphatic heterocycles. The van der Waals surface area contributed by atoms with E-state index in [4.69, 9.17) is 0 Å². The van der Waals surface area contributed by atoms with Crippen LogP contribution in [0.2, 0.25) is 0 Å². The number of rotatable bonds is 4. The summed E-state index contributed by atoms with van der Waals surface area (Å²) in [5, 5.41) is 1.03. The van der Waals surface area contributed by atoms with Crippen LogP contribution in [-0.2, 0) is 0 Å². The van der Waals surface area contributed by atoms with Crippen LogP contribution in [0, 0.1) is 0 Å². The van der Waals surface area contributed by atoms with Gasteiger partial charge in [-0.2, -0.15) is 0 Å². The number of allylic oxidation sites excluding steroid dienone is 1. The van der Waals surface area contributed by atoms with Crippen LogP contribution in [0.15, 0.2) is 43.0 Å². The first-order chi connectivity index (χ1) is 5.88. The van der Waals surface area contributed by atoms with Gasteiger partial charge in [0.25, 0.3) is 0 Å². The molecule has 0 heterocycles. The number of halogens is 1. The summed E-state index contributed by atoms with van der Waals surface area (Å²) >= 11 is 3.44. The minimum absolute atomic E-state index is 0.491. The molecule has 1 heteroatoms. The van der Waals surface area contributed by atoms with E-state index < -0.39 is 0 Å². The molecule has 64 valence electrons. The van der Waals surface area contributed by atoms with Crippen molar-refractivity contribution in [3.05, 3.63) is 48.6 Å². The van der Waals surface area contributed by atoms with Crippen molar-refractivity contribution in [2.45, 2.75) is 12.3 Å². The number of hydrogen-bond acceptors (Lipinski definition) is 0. The molecular formula is C11H13Br. The zero-order valence-corrected chi connectivity index (χ0v) is 8.63. The summed E-state index contributed by atoms with van der Waals surface area (Å²) in [6.45, 7) is 3.84. The molecule has 0 aliphatic rings. The summed E-state index contributed by atoms with van der Waals surface area (Å²) in [5.74, 6) is 0.491.